The molecule has 0 spiro atoms. The molecule has 1 unspecified atom stereocenters. The molecule has 1 saturated heterocycles. The molecule has 0 aliphatic carbocycles. The van der Waals surface area contributed by atoms with Gasteiger partial charge in [-0.3, -0.25) is 0 Å². The number of piperazine rings is 1. The first-order chi connectivity index (χ1) is 13.7. The van der Waals surface area contributed by atoms with Gasteiger partial charge in [-0.05, 0) is 45.4 Å². The molecule has 1 aromatic heterocycles. The van der Waals surface area contributed by atoms with Gasteiger partial charge in [0.25, 0.3) is 0 Å². The Balaban J connectivity index is 1.58. The van der Waals surface area contributed by atoms with Gasteiger partial charge < -0.3 is 29.9 Å². The predicted molar refractivity (Wildman–Crippen MR) is 112 cm³/mol. The molecule has 8 heteroatoms. The van der Waals surface area contributed by atoms with Crippen LogP contribution < -0.4 is 10.6 Å². The smallest absolute Gasteiger partial charge is 0.410 e. The number of aryl methyl sites for hydroxylation is 1. The van der Waals surface area contributed by atoms with E-state index in [1.54, 1.807) is 4.90 Å². The molecule has 29 heavy (non-hydrogen) atoms. The number of rotatable bonds is 5. The number of hydrogen-bond donors (Lipinski definition) is 3. The first kappa shape index (κ1) is 21.1. The standard InChI is InChI=1S/C21H31N5O3/c1-15-11-25(14-23-15)12-16-6-5-7-17(10-16)24-19(27)18-13-26(9-8-22-18)20(28)29-21(2,3)4/h5-7,10-11,14,18-19,22,24,27H,8-9,12-13H2,1-4H3/t18?,19-/m1/s1. The zero-order chi connectivity index (χ0) is 21.0. The van der Waals surface area contributed by atoms with Crippen LogP contribution in [-0.4, -0.2) is 63.2 Å². The second-order valence-corrected chi connectivity index (χ2v) is 8.46. The summed E-state index contributed by atoms with van der Waals surface area (Å²) in [7, 11) is 0. The van der Waals surface area contributed by atoms with Crippen molar-refractivity contribution in [3.63, 3.8) is 0 Å². The number of amides is 1. The summed E-state index contributed by atoms with van der Waals surface area (Å²) in [6, 6.07) is 7.62. The Bertz CT molecular complexity index is 830. The minimum absolute atomic E-state index is 0.295. The van der Waals surface area contributed by atoms with E-state index in [9.17, 15) is 9.90 Å². The van der Waals surface area contributed by atoms with E-state index in [4.69, 9.17) is 4.74 Å². The SMILES string of the molecule is Cc1cn(Cc2cccc(N[C@H](O)C3CN(C(=O)OC(C)(C)C)CCN3)c2)cn1. The zero-order valence-electron chi connectivity index (χ0n) is 17.6. The molecule has 3 rings (SSSR count). The van der Waals surface area contributed by atoms with Crippen molar-refractivity contribution in [1.29, 1.82) is 0 Å². The Kier molecular flexibility index (Phi) is 6.44. The summed E-state index contributed by atoms with van der Waals surface area (Å²) >= 11 is 0. The lowest BCUT2D eigenvalue weighted by Crippen LogP contribution is -2.59. The van der Waals surface area contributed by atoms with Crippen LogP contribution in [0.15, 0.2) is 36.8 Å². The first-order valence-corrected chi connectivity index (χ1v) is 9.93. The number of anilines is 1. The topological polar surface area (TPSA) is 91.7 Å². The van der Waals surface area contributed by atoms with Gasteiger partial charge in [0.2, 0.25) is 0 Å². The second-order valence-electron chi connectivity index (χ2n) is 8.46. The van der Waals surface area contributed by atoms with E-state index >= 15 is 0 Å². The van der Waals surface area contributed by atoms with E-state index in [0.717, 1.165) is 16.9 Å². The number of carbonyl (C=O) groups excluding carboxylic acids is 1. The number of nitrogens with zero attached hydrogens (tertiary/aromatic N) is 3. The molecule has 0 saturated carbocycles. The Labute approximate surface area is 171 Å². The third-order valence-electron chi connectivity index (χ3n) is 4.61. The van der Waals surface area contributed by atoms with E-state index < -0.39 is 11.8 Å². The molecule has 1 amide bonds. The quantitative estimate of drug-likeness (QED) is 0.665. The number of aliphatic hydroxyl groups excluding tert-OH is 1. The summed E-state index contributed by atoms with van der Waals surface area (Å²) in [4.78, 5) is 18.2. The lowest BCUT2D eigenvalue weighted by atomic mass is 10.1. The number of nitrogens with one attached hydrogen (secondary N) is 2. The molecule has 1 aromatic carbocycles. The van der Waals surface area contributed by atoms with Crippen LogP contribution >= 0.6 is 0 Å². The highest BCUT2D eigenvalue weighted by molar-refractivity contribution is 5.68. The van der Waals surface area contributed by atoms with Crippen LogP contribution in [0.3, 0.4) is 0 Å². The van der Waals surface area contributed by atoms with Crippen LogP contribution in [0.5, 0.6) is 0 Å². The summed E-state index contributed by atoms with van der Waals surface area (Å²) in [6.45, 7) is 9.73. The maximum Gasteiger partial charge on any atom is 0.410 e. The Morgan fingerprint density at radius 3 is 2.93 bits per heavy atom. The van der Waals surface area contributed by atoms with Gasteiger partial charge >= 0.3 is 6.09 Å². The molecular weight excluding hydrogens is 370 g/mol. The third-order valence-corrected chi connectivity index (χ3v) is 4.61. The fourth-order valence-electron chi connectivity index (χ4n) is 3.28. The molecule has 1 fully saturated rings. The Morgan fingerprint density at radius 2 is 2.24 bits per heavy atom. The zero-order valence-corrected chi connectivity index (χ0v) is 17.6. The molecule has 2 aromatic rings. The largest absolute Gasteiger partial charge is 0.444 e. The monoisotopic (exact) mass is 401 g/mol. The molecule has 2 heterocycles. The maximum absolute atomic E-state index is 12.3. The lowest BCUT2D eigenvalue weighted by Gasteiger charge is -2.37. The van der Waals surface area contributed by atoms with Crippen molar-refractivity contribution in [2.45, 2.75) is 52.1 Å². The first-order valence-electron chi connectivity index (χ1n) is 9.93. The van der Waals surface area contributed by atoms with Crippen LogP contribution in [0.2, 0.25) is 0 Å². The summed E-state index contributed by atoms with van der Waals surface area (Å²) in [5.41, 5.74) is 2.37. The highest BCUT2D eigenvalue weighted by Gasteiger charge is 2.30. The van der Waals surface area contributed by atoms with Crippen molar-refractivity contribution in [1.82, 2.24) is 19.8 Å². The van der Waals surface area contributed by atoms with Gasteiger partial charge in [0, 0.05) is 38.1 Å². The van der Waals surface area contributed by atoms with Gasteiger partial charge in [-0.1, -0.05) is 12.1 Å². The van der Waals surface area contributed by atoms with Crippen molar-refractivity contribution in [2.75, 3.05) is 25.0 Å². The number of ether oxygens (including phenoxy) is 1. The average molecular weight is 402 g/mol. The third kappa shape index (κ3) is 6.20. The predicted octanol–water partition coefficient (Wildman–Crippen LogP) is 2.18. The Morgan fingerprint density at radius 1 is 1.45 bits per heavy atom. The minimum Gasteiger partial charge on any atom is -0.444 e. The number of carbonyl (C=O) groups is 1. The summed E-state index contributed by atoms with van der Waals surface area (Å²) in [5.74, 6) is 0. The van der Waals surface area contributed by atoms with Crippen LogP contribution in [0, 0.1) is 6.92 Å². The number of imidazole rings is 1. The van der Waals surface area contributed by atoms with Gasteiger partial charge in [0.1, 0.15) is 11.8 Å². The summed E-state index contributed by atoms with van der Waals surface area (Å²) < 4.78 is 7.47. The Hall–Kier alpha value is -2.58. The van der Waals surface area contributed by atoms with Crippen LogP contribution in [-0.2, 0) is 11.3 Å². The molecule has 1 aliphatic heterocycles. The average Bonchev–Trinajstić information content (AvgIpc) is 3.05. The van der Waals surface area contributed by atoms with Crippen molar-refractivity contribution >= 4 is 11.8 Å². The second kappa shape index (κ2) is 8.84. The highest BCUT2D eigenvalue weighted by Crippen LogP contribution is 2.16. The molecule has 2 atom stereocenters. The number of aliphatic hydroxyl groups is 1. The van der Waals surface area contributed by atoms with Crippen LogP contribution in [0.1, 0.15) is 32.0 Å². The number of aromatic nitrogens is 2. The van der Waals surface area contributed by atoms with E-state index in [1.807, 2.05) is 69.1 Å². The summed E-state index contributed by atoms with van der Waals surface area (Å²) in [6.07, 6.45) is 2.60. The van der Waals surface area contributed by atoms with Crippen molar-refractivity contribution in [3.8, 4) is 0 Å². The number of hydrogen-bond acceptors (Lipinski definition) is 6. The molecule has 3 N–H and O–H groups in total. The highest BCUT2D eigenvalue weighted by atomic mass is 16.6. The van der Waals surface area contributed by atoms with E-state index in [-0.39, 0.29) is 12.1 Å². The van der Waals surface area contributed by atoms with E-state index in [0.29, 0.717) is 26.2 Å². The normalized spacial score (nSPS) is 18.4. The fourth-order valence-corrected chi connectivity index (χ4v) is 3.28. The van der Waals surface area contributed by atoms with E-state index in [1.165, 1.54) is 0 Å². The van der Waals surface area contributed by atoms with Gasteiger partial charge in [-0.15, -0.1) is 0 Å². The van der Waals surface area contributed by atoms with Crippen molar-refractivity contribution in [3.05, 3.63) is 48.0 Å². The van der Waals surface area contributed by atoms with Gasteiger partial charge in [-0.25, -0.2) is 9.78 Å². The van der Waals surface area contributed by atoms with Gasteiger partial charge in [0.05, 0.1) is 18.1 Å². The van der Waals surface area contributed by atoms with Crippen LogP contribution in [0.25, 0.3) is 0 Å². The van der Waals surface area contributed by atoms with Crippen molar-refractivity contribution in [2.24, 2.45) is 0 Å². The lowest BCUT2D eigenvalue weighted by molar-refractivity contribution is 0.0133. The molecule has 0 radical (unpaired) electrons. The van der Waals surface area contributed by atoms with Crippen LogP contribution in [0.4, 0.5) is 10.5 Å². The molecular formula is C21H31N5O3. The fraction of sp³-hybridized carbons (Fsp3) is 0.524. The molecule has 1 aliphatic rings. The summed E-state index contributed by atoms with van der Waals surface area (Å²) in [5, 5.41) is 17.1. The van der Waals surface area contributed by atoms with Gasteiger partial charge in [-0.2, -0.15) is 0 Å². The number of benzene rings is 1. The molecule has 158 valence electrons. The molecule has 8 nitrogen and oxygen atoms in total. The minimum atomic E-state index is -0.842. The maximum atomic E-state index is 12.3. The van der Waals surface area contributed by atoms with Gasteiger partial charge in [0.15, 0.2) is 0 Å². The van der Waals surface area contributed by atoms with E-state index in [2.05, 4.69) is 15.6 Å². The van der Waals surface area contributed by atoms with Crippen molar-refractivity contribution < 1.29 is 14.6 Å². The molecule has 0 bridgehead atoms.